The summed E-state index contributed by atoms with van der Waals surface area (Å²) >= 11 is 0. The summed E-state index contributed by atoms with van der Waals surface area (Å²) in [6.45, 7) is 3.26. The highest BCUT2D eigenvalue weighted by Crippen LogP contribution is 2.37. The zero-order chi connectivity index (χ0) is 14.7. The van der Waals surface area contributed by atoms with E-state index in [-0.39, 0.29) is 0 Å². The van der Waals surface area contributed by atoms with E-state index in [1.165, 1.54) is 48.5 Å². The number of nitrogens with one attached hydrogen (secondary N) is 2. The van der Waals surface area contributed by atoms with Gasteiger partial charge in [-0.15, -0.1) is 0 Å². The summed E-state index contributed by atoms with van der Waals surface area (Å²) < 4.78 is 0. The van der Waals surface area contributed by atoms with Gasteiger partial charge in [-0.05, 0) is 61.9 Å². The third-order valence-corrected chi connectivity index (χ3v) is 4.58. The number of hydrogen-bond donors (Lipinski definition) is 3. The Morgan fingerprint density at radius 2 is 2.14 bits per heavy atom. The van der Waals surface area contributed by atoms with Crippen molar-refractivity contribution in [2.24, 2.45) is 10.7 Å². The summed E-state index contributed by atoms with van der Waals surface area (Å²) in [6.07, 6.45) is 8.59. The lowest BCUT2D eigenvalue weighted by Gasteiger charge is -2.28. The van der Waals surface area contributed by atoms with Crippen molar-refractivity contribution < 1.29 is 0 Å². The molecule has 1 aliphatic carbocycles. The van der Waals surface area contributed by atoms with Gasteiger partial charge in [0.2, 0.25) is 0 Å². The molecule has 4 heteroatoms. The molecule has 1 saturated carbocycles. The van der Waals surface area contributed by atoms with Crippen LogP contribution in [0.3, 0.4) is 0 Å². The third kappa shape index (κ3) is 2.95. The van der Waals surface area contributed by atoms with Crippen molar-refractivity contribution in [3.63, 3.8) is 0 Å². The van der Waals surface area contributed by atoms with Crippen molar-refractivity contribution in [3.8, 4) is 0 Å². The summed E-state index contributed by atoms with van der Waals surface area (Å²) in [4.78, 5) is 7.58. The maximum atomic E-state index is 5.40. The van der Waals surface area contributed by atoms with Gasteiger partial charge in [-0.3, -0.25) is 0 Å². The van der Waals surface area contributed by atoms with Crippen molar-refractivity contribution >= 4 is 22.9 Å². The van der Waals surface area contributed by atoms with E-state index in [0.717, 1.165) is 12.2 Å². The molecule has 1 fully saturated rings. The van der Waals surface area contributed by atoms with E-state index < -0.39 is 0 Å². The van der Waals surface area contributed by atoms with Crippen LogP contribution in [0.4, 0.5) is 5.69 Å². The zero-order valence-electron chi connectivity index (χ0n) is 12.6. The molecule has 1 aromatic heterocycles. The minimum absolute atomic E-state index is 0.658. The summed E-state index contributed by atoms with van der Waals surface area (Å²) in [6, 6.07) is 6.93. The first-order valence-electron chi connectivity index (χ1n) is 7.90. The van der Waals surface area contributed by atoms with E-state index in [9.17, 15) is 0 Å². The van der Waals surface area contributed by atoms with E-state index in [2.05, 4.69) is 40.5 Å². The van der Waals surface area contributed by atoms with Crippen LogP contribution in [-0.4, -0.2) is 23.9 Å². The molecular weight excluding hydrogens is 260 g/mol. The Morgan fingerprint density at radius 3 is 2.86 bits per heavy atom. The molecule has 1 aromatic carbocycles. The fraction of sp³-hybridized carbons (Fsp3) is 0.471. The van der Waals surface area contributed by atoms with Gasteiger partial charge in [0.25, 0.3) is 0 Å². The molecule has 1 heterocycles. The van der Waals surface area contributed by atoms with Crippen LogP contribution in [-0.2, 0) is 0 Å². The molecule has 3 rings (SSSR count). The van der Waals surface area contributed by atoms with E-state index in [0.29, 0.717) is 12.0 Å². The molecule has 0 unspecified atom stereocenters. The minimum Gasteiger partial charge on any atom is -0.390 e. The SMILES string of the molecule is CCNC1CCC(c2c[nH]c3ccc(N=CN)cc23)CC1. The highest BCUT2D eigenvalue weighted by atomic mass is 14.9. The Bertz CT molecular complexity index is 621. The lowest BCUT2D eigenvalue weighted by Crippen LogP contribution is -2.32. The maximum absolute atomic E-state index is 5.40. The van der Waals surface area contributed by atoms with Crippen LogP contribution in [0.2, 0.25) is 0 Å². The number of nitrogens with two attached hydrogens (primary N) is 1. The number of rotatable bonds is 4. The average Bonchev–Trinajstić information content (AvgIpc) is 2.92. The standard InChI is InChI=1S/C17H24N4/c1-2-19-13-5-3-12(4-6-13)16-10-20-17-8-7-14(21-11-18)9-15(16)17/h7-13,19-20H,2-6H2,1H3,(H2,18,21). The van der Waals surface area contributed by atoms with Crippen molar-refractivity contribution in [2.75, 3.05) is 6.54 Å². The summed E-state index contributed by atoms with van der Waals surface area (Å²) in [5, 5.41) is 4.87. The fourth-order valence-electron chi connectivity index (χ4n) is 3.53. The highest BCUT2D eigenvalue weighted by molar-refractivity contribution is 5.87. The van der Waals surface area contributed by atoms with Crippen LogP contribution < -0.4 is 11.1 Å². The van der Waals surface area contributed by atoms with Gasteiger partial charge in [-0.1, -0.05) is 6.92 Å². The van der Waals surface area contributed by atoms with Gasteiger partial charge in [0.1, 0.15) is 0 Å². The highest BCUT2D eigenvalue weighted by Gasteiger charge is 2.23. The second-order valence-corrected chi connectivity index (χ2v) is 5.86. The Labute approximate surface area is 125 Å². The van der Waals surface area contributed by atoms with Crippen LogP contribution >= 0.6 is 0 Å². The molecule has 2 aromatic rings. The third-order valence-electron chi connectivity index (χ3n) is 4.58. The molecule has 4 N–H and O–H groups in total. The lowest BCUT2D eigenvalue weighted by molar-refractivity contribution is 0.349. The summed E-state index contributed by atoms with van der Waals surface area (Å²) in [5.41, 5.74) is 8.95. The molecular formula is C17H24N4. The number of aliphatic imine (C=N–C) groups is 1. The smallest absolute Gasteiger partial charge is 0.0860 e. The molecule has 0 saturated heterocycles. The van der Waals surface area contributed by atoms with E-state index in [1.807, 2.05) is 6.07 Å². The van der Waals surface area contributed by atoms with Crippen molar-refractivity contribution in [2.45, 2.75) is 44.6 Å². The topological polar surface area (TPSA) is 66.2 Å². The van der Waals surface area contributed by atoms with Crippen LogP contribution in [0.5, 0.6) is 0 Å². The molecule has 112 valence electrons. The number of nitrogens with zero attached hydrogens (tertiary/aromatic N) is 1. The molecule has 0 atom stereocenters. The van der Waals surface area contributed by atoms with Crippen molar-refractivity contribution in [1.29, 1.82) is 0 Å². The second-order valence-electron chi connectivity index (χ2n) is 5.86. The normalized spacial score (nSPS) is 23.1. The monoisotopic (exact) mass is 284 g/mol. The number of fused-ring (bicyclic) bond motifs is 1. The quantitative estimate of drug-likeness (QED) is 0.595. The molecule has 0 spiro atoms. The first-order chi connectivity index (χ1) is 10.3. The Morgan fingerprint density at radius 1 is 1.33 bits per heavy atom. The zero-order valence-corrected chi connectivity index (χ0v) is 12.6. The first-order valence-corrected chi connectivity index (χ1v) is 7.90. The molecule has 0 radical (unpaired) electrons. The number of aromatic nitrogens is 1. The van der Waals surface area contributed by atoms with E-state index in [1.54, 1.807) is 0 Å². The Hall–Kier alpha value is -1.81. The van der Waals surface area contributed by atoms with Crippen LogP contribution in [0.15, 0.2) is 29.4 Å². The predicted octanol–water partition coefficient (Wildman–Crippen LogP) is 3.42. The van der Waals surface area contributed by atoms with Gasteiger partial charge >= 0.3 is 0 Å². The van der Waals surface area contributed by atoms with Gasteiger partial charge in [-0.25, -0.2) is 4.99 Å². The number of aromatic amines is 1. The first kappa shape index (κ1) is 14.1. The number of hydrogen-bond acceptors (Lipinski definition) is 2. The van der Waals surface area contributed by atoms with E-state index in [4.69, 9.17) is 5.73 Å². The van der Waals surface area contributed by atoms with Gasteiger partial charge in [0, 0.05) is 23.1 Å². The van der Waals surface area contributed by atoms with Crippen LogP contribution in [0, 0.1) is 0 Å². The van der Waals surface area contributed by atoms with Gasteiger partial charge in [0.15, 0.2) is 0 Å². The van der Waals surface area contributed by atoms with Crippen molar-refractivity contribution in [3.05, 3.63) is 30.0 Å². The summed E-state index contributed by atoms with van der Waals surface area (Å²) in [7, 11) is 0. The minimum atomic E-state index is 0.658. The predicted molar refractivity (Wildman–Crippen MR) is 89.3 cm³/mol. The molecule has 4 nitrogen and oxygen atoms in total. The van der Waals surface area contributed by atoms with Crippen LogP contribution in [0.1, 0.15) is 44.1 Å². The largest absolute Gasteiger partial charge is 0.390 e. The molecule has 1 aliphatic rings. The number of H-pyrrole nitrogens is 1. The lowest BCUT2D eigenvalue weighted by atomic mass is 9.81. The fourth-order valence-corrected chi connectivity index (χ4v) is 3.53. The van der Waals surface area contributed by atoms with E-state index >= 15 is 0 Å². The molecule has 0 aliphatic heterocycles. The molecule has 0 bridgehead atoms. The number of benzene rings is 1. The Kier molecular flexibility index (Phi) is 4.25. The Balaban J connectivity index is 1.82. The maximum Gasteiger partial charge on any atom is 0.0860 e. The van der Waals surface area contributed by atoms with Gasteiger partial charge in [0.05, 0.1) is 12.0 Å². The molecule has 0 amide bonds. The van der Waals surface area contributed by atoms with Gasteiger partial charge in [-0.2, -0.15) is 0 Å². The average molecular weight is 284 g/mol. The van der Waals surface area contributed by atoms with Gasteiger partial charge < -0.3 is 16.0 Å². The van der Waals surface area contributed by atoms with Crippen LogP contribution in [0.25, 0.3) is 10.9 Å². The second kappa shape index (κ2) is 6.31. The van der Waals surface area contributed by atoms with Crippen molar-refractivity contribution in [1.82, 2.24) is 10.3 Å². The molecule has 21 heavy (non-hydrogen) atoms. The summed E-state index contributed by atoms with van der Waals surface area (Å²) in [5.74, 6) is 0.658.